The highest BCUT2D eigenvalue weighted by Crippen LogP contribution is 2.26. The molecular weight excluding hydrogens is 440 g/mol. The van der Waals surface area contributed by atoms with E-state index in [-0.39, 0.29) is 5.82 Å². The largest absolute Gasteiger partial charge is 0.494 e. The molecule has 0 radical (unpaired) electrons. The maximum Gasteiger partial charge on any atom is 0.379 e. The lowest BCUT2D eigenvalue weighted by Crippen LogP contribution is -2.30. The molecule has 0 aliphatic rings. The first kappa shape index (κ1) is 22.2. The molecule has 0 saturated carbocycles. The fourth-order valence-corrected chi connectivity index (χ4v) is 3.72. The molecule has 4 aromatic rings. The second-order valence-corrected chi connectivity index (χ2v) is 7.93. The van der Waals surface area contributed by atoms with Gasteiger partial charge in [-0.3, -0.25) is 4.79 Å². The summed E-state index contributed by atoms with van der Waals surface area (Å²) in [7, 11) is 0. The SMILES string of the molecule is CCOc1ccc(NC(=O)C(C)OC(=O)c2nc(-c3cccs3)n(-c3ccccc3)n2)cc1. The minimum Gasteiger partial charge on any atom is -0.494 e. The van der Waals surface area contributed by atoms with Crippen LogP contribution in [-0.4, -0.2) is 39.4 Å². The Morgan fingerprint density at radius 1 is 1.06 bits per heavy atom. The Labute approximate surface area is 194 Å². The predicted octanol–water partition coefficient (Wildman–Crippen LogP) is 4.58. The number of nitrogens with zero attached hydrogens (tertiary/aromatic N) is 3. The fourth-order valence-electron chi connectivity index (χ4n) is 3.02. The Balaban J connectivity index is 1.48. The molecule has 9 heteroatoms. The number of nitrogens with one attached hydrogen (secondary N) is 1. The number of carbonyl (C=O) groups excluding carboxylic acids is 2. The van der Waals surface area contributed by atoms with Crippen molar-refractivity contribution < 1.29 is 19.1 Å². The Morgan fingerprint density at radius 2 is 1.82 bits per heavy atom. The summed E-state index contributed by atoms with van der Waals surface area (Å²) in [5, 5.41) is 8.99. The average Bonchev–Trinajstić information content (AvgIpc) is 3.51. The maximum atomic E-state index is 12.7. The van der Waals surface area contributed by atoms with Crippen molar-refractivity contribution in [2.75, 3.05) is 11.9 Å². The van der Waals surface area contributed by atoms with Crippen molar-refractivity contribution >= 4 is 28.9 Å². The fraction of sp³-hybridized carbons (Fsp3) is 0.167. The van der Waals surface area contributed by atoms with E-state index in [2.05, 4.69) is 15.4 Å². The Kier molecular flexibility index (Phi) is 6.80. The van der Waals surface area contributed by atoms with Gasteiger partial charge in [-0.25, -0.2) is 9.48 Å². The third-order valence-corrected chi connectivity index (χ3v) is 5.48. The van der Waals surface area contributed by atoms with E-state index in [9.17, 15) is 9.59 Å². The summed E-state index contributed by atoms with van der Waals surface area (Å²) in [6.07, 6.45) is -1.04. The van der Waals surface area contributed by atoms with E-state index in [1.165, 1.54) is 18.3 Å². The summed E-state index contributed by atoms with van der Waals surface area (Å²) < 4.78 is 12.3. The summed E-state index contributed by atoms with van der Waals surface area (Å²) >= 11 is 1.49. The van der Waals surface area contributed by atoms with Crippen LogP contribution in [-0.2, 0) is 9.53 Å². The van der Waals surface area contributed by atoms with Gasteiger partial charge in [0.25, 0.3) is 11.7 Å². The molecule has 0 fully saturated rings. The van der Waals surface area contributed by atoms with E-state index in [1.807, 2.05) is 54.8 Å². The number of esters is 1. The third kappa shape index (κ3) is 5.27. The number of hydrogen-bond acceptors (Lipinski definition) is 7. The Hall–Kier alpha value is -3.98. The lowest BCUT2D eigenvalue weighted by molar-refractivity contribution is -0.123. The molecule has 0 aliphatic heterocycles. The van der Waals surface area contributed by atoms with Gasteiger partial charge in [-0.15, -0.1) is 16.4 Å². The van der Waals surface area contributed by atoms with Gasteiger partial charge in [0.2, 0.25) is 0 Å². The van der Waals surface area contributed by atoms with Crippen molar-refractivity contribution in [2.45, 2.75) is 20.0 Å². The van der Waals surface area contributed by atoms with Crippen LogP contribution in [0, 0.1) is 0 Å². The van der Waals surface area contributed by atoms with E-state index in [0.717, 1.165) is 10.6 Å². The van der Waals surface area contributed by atoms with Crippen LogP contribution >= 0.6 is 11.3 Å². The molecule has 1 amide bonds. The molecule has 2 heterocycles. The molecule has 1 N–H and O–H groups in total. The van der Waals surface area contributed by atoms with Crippen molar-refractivity contribution in [3.63, 3.8) is 0 Å². The second-order valence-electron chi connectivity index (χ2n) is 6.98. The summed E-state index contributed by atoms with van der Waals surface area (Å²) in [6, 6.07) is 20.1. The molecule has 2 aromatic carbocycles. The van der Waals surface area contributed by atoms with Crippen LogP contribution in [0.2, 0.25) is 0 Å². The molecule has 0 saturated heterocycles. The number of carbonyl (C=O) groups is 2. The molecule has 0 spiro atoms. The molecule has 168 valence electrons. The van der Waals surface area contributed by atoms with E-state index in [4.69, 9.17) is 9.47 Å². The van der Waals surface area contributed by atoms with Gasteiger partial charge in [0, 0.05) is 5.69 Å². The Morgan fingerprint density at radius 3 is 2.48 bits per heavy atom. The molecule has 2 aromatic heterocycles. The average molecular weight is 463 g/mol. The molecule has 1 unspecified atom stereocenters. The zero-order valence-corrected chi connectivity index (χ0v) is 18.9. The quantitative estimate of drug-likeness (QED) is 0.385. The highest BCUT2D eigenvalue weighted by atomic mass is 32.1. The lowest BCUT2D eigenvalue weighted by atomic mass is 10.3. The van der Waals surface area contributed by atoms with Crippen LogP contribution < -0.4 is 10.1 Å². The van der Waals surface area contributed by atoms with Gasteiger partial charge in [0.15, 0.2) is 11.9 Å². The molecule has 33 heavy (non-hydrogen) atoms. The number of ether oxygens (including phenoxy) is 2. The van der Waals surface area contributed by atoms with E-state index in [0.29, 0.717) is 23.9 Å². The number of amides is 1. The first-order chi connectivity index (χ1) is 16.0. The number of anilines is 1. The maximum absolute atomic E-state index is 12.7. The molecular formula is C24H22N4O4S. The van der Waals surface area contributed by atoms with E-state index in [1.54, 1.807) is 28.9 Å². The van der Waals surface area contributed by atoms with Crippen molar-refractivity contribution in [1.82, 2.24) is 14.8 Å². The molecule has 8 nitrogen and oxygen atoms in total. The van der Waals surface area contributed by atoms with Crippen LogP contribution in [0.3, 0.4) is 0 Å². The van der Waals surface area contributed by atoms with E-state index < -0.39 is 18.0 Å². The van der Waals surface area contributed by atoms with Crippen molar-refractivity contribution in [2.24, 2.45) is 0 Å². The van der Waals surface area contributed by atoms with Gasteiger partial charge in [-0.05, 0) is 61.7 Å². The number of aromatic nitrogens is 3. The van der Waals surface area contributed by atoms with Crippen molar-refractivity contribution in [1.29, 1.82) is 0 Å². The van der Waals surface area contributed by atoms with Crippen LogP contribution in [0.15, 0.2) is 72.1 Å². The highest BCUT2D eigenvalue weighted by Gasteiger charge is 2.24. The third-order valence-electron chi connectivity index (χ3n) is 4.62. The number of rotatable bonds is 8. The van der Waals surface area contributed by atoms with E-state index >= 15 is 0 Å². The number of hydrogen-bond donors (Lipinski definition) is 1. The molecule has 4 rings (SSSR count). The zero-order valence-electron chi connectivity index (χ0n) is 18.1. The van der Waals surface area contributed by atoms with Gasteiger partial charge >= 0.3 is 5.97 Å². The predicted molar refractivity (Wildman–Crippen MR) is 126 cm³/mol. The smallest absolute Gasteiger partial charge is 0.379 e. The van der Waals surface area contributed by atoms with Crippen molar-refractivity contribution in [3.8, 4) is 22.1 Å². The summed E-state index contributed by atoms with van der Waals surface area (Å²) in [4.78, 5) is 30.5. The van der Waals surface area contributed by atoms with Gasteiger partial charge in [0.1, 0.15) is 5.75 Å². The van der Waals surface area contributed by atoms with Crippen molar-refractivity contribution in [3.05, 3.63) is 77.9 Å². The van der Waals surface area contributed by atoms with Gasteiger partial charge in [-0.1, -0.05) is 24.3 Å². The first-order valence-corrected chi connectivity index (χ1v) is 11.2. The lowest BCUT2D eigenvalue weighted by Gasteiger charge is -2.13. The second kappa shape index (κ2) is 10.1. The minimum absolute atomic E-state index is 0.122. The first-order valence-electron chi connectivity index (χ1n) is 10.4. The number of benzene rings is 2. The molecule has 0 bridgehead atoms. The molecule has 0 aliphatic carbocycles. The molecule has 1 atom stereocenters. The number of para-hydroxylation sites is 1. The minimum atomic E-state index is -1.04. The van der Waals surface area contributed by atoms with Crippen LogP contribution in [0.4, 0.5) is 5.69 Å². The van der Waals surface area contributed by atoms with Gasteiger partial charge < -0.3 is 14.8 Å². The summed E-state index contributed by atoms with van der Waals surface area (Å²) in [5.41, 5.74) is 1.33. The van der Waals surface area contributed by atoms with Crippen LogP contribution in [0.1, 0.15) is 24.5 Å². The zero-order chi connectivity index (χ0) is 23.2. The Bertz CT molecular complexity index is 1220. The highest BCUT2D eigenvalue weighted by molar-refractivity contribution is 7.13. The van der Waals surface area contributed by atoms with Crippen LogP contribution in [0.5, 0.6) is 5.75 Å². The monoisotopic (exact) mass is 462 g/mol. The van der Waals surface area contributed by atoms with Gasteiger partial charge in [-0.2, -0.15) is 4.98 Å². The normalized spacial score (nSPS) is 11.6. The standard InChI is InChI=1S/C24H22N4O4S/c1-3-31-19-13-11-17(12-14-19)25-23(29)16(2)32-24(30)21-26-22(20-10-7-15-33-20)28(27-21)18-8-5-4-6-9-18/h4-16H,3H2,1-2H3,(H,25,29). The van der Waals surface area contributed by atoms with Crippen LogP contribution in [0.25, 0.3) is 16.4 Å². The summed E-state index contributed by atoms with van der Waals surface area (Å²) in [6.45, 7) is 3.95. The topological polar surface area (TPSA) is 95.3 Å². The number of thiophene rings is 1. The van der Waals surface area contributed by atoms with Gasteiger partial charge in [0.05, 0.1) is 17.2 Å². The summed E-state index contributed by atoms with van der Waals surface area (Å²) in [5.74, 6) is -0.139.